The molecule has 1 N–H and O–H groups in total. The monoisotopic (exact) mass is 240 g/mol. The van der Waals surface area contributed by atoms with E-state index >= 15 is 0 Å². The van der Waals surface area contributed by atoms with Crippen LogP contribution in [0, 0.1) is 0 Å². The van der Waals surface area contributed by atoms with Crippen LogP contribution < -0.4 is 0 Å². The van der Waals surface area contributed by atoms with E-state index in [9.17, 15) is 9.90 Å². The van der Waals surface area contributed by atoms with Gasteiger partial charge in [-0.2, -0.15) is 0 Å². The number of rotatable bonds is 1. The zero-order chi connectivity index (χ0) is 12.5. The lowest BCUT2D eigenvalue weighted by molar-refractivity contribution is 0.0967. The summed E-state index contributed by atoms with van der Waals surface area (Å²) in [6.07, 6.45) is 4.02. The van der Waals surface area contributed by atoms with E-state index in [1.165, 1.54) is 0 Å². The summed E-state index contributed by atoms with van der Waals surface area (Å²) in [7, 11) is 0. The Morgan fingerprint density at radius 1 is 1.22 bits per heavy atom. The number of Topliss-reactive ketones (excluding diaryl/α,β-unsaturated/α-hetero) is 1. The molecule has 0 saturated heterocycles. The molecule has 0 radical (unpaired) electrons. The average Bonchev–Trinajstić information content (AvgIpc) is 2.39. The van der Waals surface area contributed by atoms with Crippen LogP contribution in [0.2, 0.25) is 0 Å². The Morgan fingerprint density at radius 3 is 2.94 bits per heavy atom. The molecule has 4 heteroatoms. The summed E-state index contributed by atoms with van der Waals surface area (Å²) in [4.78, 5) is 20.4. The molecule has 3 rings (SSSR count). The lowest BCUT2D eigenvalue weighted by Gasteiger charge is -2.13. The number of aryl methyl sites for hydroxylation is 1. The third-order valence-corrected chi connectivity index (χ3v) is 3.08. The van der Waals surface area contributed by atoms with Crippen molar-refractivity contribution in [2.75, 3.05) is 0 Å². The maximum Gasteiger partial charge on any atom is 0.181 e. The van der Waals surface area contributed by atoms with Crippen LogP contribution in [0.5, 0.6) is 5.75 Å². The standard InChI is InChI=1S/C14H12N2O2/c17-11-5-1-3-9(7-11)14-15-8-10-4-2-6-12(18)13(10)16-14/h1,3,5,7-8,17H,2,4,6H2. The second kappa shape index (κ2) is 4.22. The molecule has 1 heterocycles. The molecule has 0 aliphatic heterocycles. The molecule has 1 aromatic heterocycles. The third-order valence-electron chi connectivity index (χ3n) is 3.08. The molecule has 0 atom stereocenters. The highest BCUT2D eigenvalue weighted by Crippen LogP contribution is 2.24. The summed E-state index contributed by atoms with van der Waals surface area (Å²) in [6.45, 7) is 0. The van der Waals surface area contributed by atoms with Gasteiger partial charge in [-0.25, -0.2) is 9.97 Å². The minimum atomic E-state index is 0.0834. The van der Waals surface area contributed by atoms with E-state index in [1.54, 1.807) is 24.4 Å². The molecule has 2 aromatic rings. The van der Waals surface area contributed by atoms with Gasteiger partial charge in [-0.1, -0.05) is 12.1 Å². The molecule has 1 aliphatic carbocycles. The predicted molar refractivity (Wildman–Crippen MR) is 66.4 cm³/mol. The summed E-state index contributed by atoms with van der Waals surface area (Å²) in [5.74, 6) is 0.736. The smallest absolute Gasteiger partial charge is 0.181 e. The first-order valence-corrected chi connectivity index (χ1v) is 5.92. The molecule has 0 unspecified atom stereocenters. The molecule has 0 spiro atoms. The van der Waals surface area contributed by atoms with E-state index in [0.717, 1.165) is 24.0 Å². The second-order valence-electron chi connectivity index (χ2n) is 4.39. The van der Waals surface area contributed by atoms with Gasteiger partial charge in [-0.3, -0.25) is 4.79 Å². The van der Waals surface area contributed by atoms with E-state index in [0.29, 0.717) is 17.9 Å². The van der Waals surface area contributed by atoms with Crippen LogP contribution in [-0.4, -0.2) is 20.9 Å². The summed E-state index contributed by atoms with van der Waals surface area (Å²) in [6, 6.07) is 6.73. The number of carbonyl (C=O) groups excluding carboxylic acids is 1. The Bertz CT molecular complexity index is 623. The van der Waals surface area contributed by atoms with Crippen LogP contribution in [0.15, 0.2) is 30.5 Å². The summed E-state index contributed by atoms with van der Waals surface area (Å²) < 4.78 is 0. The molecule has 0 bridgehead atoms. The number of phenolic OH excluding ortho intramolecular Hbond substituents is 1. The fourth-order valence-electron chi connectivity index (χ4n) is 2.17. The van der Waals surface area contributed by atoms with Gasteiger partial charge >= 0.3 is 0 Å². The van der Waals surface area contributed by atoms with E-state index < -0.39 is 0 Å². The lowest BCUT2D eigenvalue weighted by Crippen LogP contribution is -2.14. The number of nitrogens with zero attached hydrogens (tertiary/aromatic N) is 2. The van der Waals surface area contributed by atoms with Crippen molar-refractivity contribution in [3.63, 3.8) is 0 Å². The van der Waals surface area contributed by atoms with E-state index in [1.807, 2.05) is 6.07 Å². The zero-order valence-corrected chi connectivity index (χ0v) is 9.76. The van der Waals surface area contributed by atoms with Crippen molar-refractivity contribution in [1.29, 1.82) is 0 Å². The number of hydrogen-bond acceptors (Lipinski definition) is 4. The maximum atomic E-state index is 11.8. The lowest BCUT2D eigenvalue weighted by atomic mass is 9.96. The number of aromatic nitrogens is 2. The van der Waals surface area contributed by atoms with Crippen LogP contribution in [0.3, 0.4) is 0 Å². The van der Waals surface area contributed by atoms with Gasteiger partial charge in [0.1, 0.15) is 11.4 Å². The fraction of sp³-hybridized carbons (Fsp3) is 0.214. The van der Waals surface area contributed by atoms with Crippen molar-refractivity contribution in [1.82, 2.24) is 9.97 Å². The van der Waals surface area contributed by atoms with Crippen LogP contribution in [0.1, 0.15) is 28.9 Å². The number of phenols is 1. The highest BCUT2D eigenvalue weighted by Gasteiger charge is 2.20. The quantitative estimate of drug-likeness (QED) is 0.831. The molecule has 1 aromatic carbocycles. The van der Waals surface area contributed by atoms with Gasteiger partial charge in [-0.15, -0.1) is 0 Å². The van der Waals surface area contributed by atoms with Crippen molar-refractivity contribution in [3.05, 3.63) is 41.7 Å². The van der Waals surface area contributed by atoms with Gasteiger partial charge < -0.3 is 5.11 Å². The van der Waals surface area contributed by atoms with Gasteiger partial charge in [-0.05, 0) is 30.5 Å². The largest absolute Gasteiger partial charge is 0.508 e. The number of aromatic hydroxyl groups is 1. The minimum absolute atomic E-state index is 0.0834. The van der Waals surface area contributed by atoms with Crippen LogP contribution in [0.4, 0.5) is 0 Å². The number of benzene rings is 1. The Hall–Kier alpha value is -2.23. The molecule has 0 fully saturated rings. The molecule has 0 amide bonds. The van der Waals surface area contributed by atoms with Crippen LogP contribution >= 0.6 is 0 Å². The third kappa shape index (κ3) is 1.86. The second-order valence-corrected chi connectivity index (χ2v) is 4.39. The zero-order valence-electron chi connectivity index (χ0n) is 9.76. The molecular formula is C14H12N2O2. The van der Waals surface area contributed by atoms with Crippen molar-refractivity contribution in [2.45, 2.75) is 19.3 Å². The fourth-order valence-corrected chi connectivity index (χ4v) is 2.17. The summed E-state index contributed by atoms with van der Waals surface area (Å²) in [5, 5.41) is 9.44. The Labute approximate surface area is 104 Å². The minimum Gasteiger partial charge on any atom is -0.508 e. The van der Waals surface area contributed by atoms with Gasteiger partial charge in [0.15, 0.2) is 11.6 Å². The van der Waals surface area contributed by atoms with E-state index in [4.69, 9.17) is 0 Å². The first kappa shape index (κ1) is 10.9. The Kier molecular flexibility index (Phi) is 2.55. The van der Waals surface area contributed by atoms with Gasteiger partial charge in [0.2, 0.25) is 0 Å². The topological polar surface area (TPSA) is 63.1 Å². The van der Waals surface area contributed by atoms with Crippen molar-refractivity contribution >= 4 is 5.78 Å². The number of fused-ring (bicyclic) bond motifs is 1. The van der Waals surface area contributed by atoms with Gasteiger partial charge in [0.25, 0.3) is 0 Å². The van der Waals surface area contributed by atoms with Gasteiger partial charge in [0.05, 0.1) is 0 Å². The normalized spacial score (nSPS) is 14.3. The highest BCUT2D eigenvalue weighted by atomic mass is 16.3. The number of carbonyl (C=O) groups is 1. The molecule has 18 heavy (non-hydrogen) atoms. The van der Waals surface area contributed by atoms with Crippen LogP contribution in [0.25, 0.3) is 11.4 Å². The molecule has 1 aliphatic rings. The summed E-state index contributed by atoms with van der Waals surface area (Å²) in [5.41, 5.74) is 2.18. The van der Waals surface area contributed by atoms with Crippen LogP contribution in [-0.2, 0) is 6.42 Å². The first-order valence-electron chi connectivity index (χ1n) is 5.92. The Balaban J connectivity index is 2.09. The predicted octanol–water partition coefficient (Wildman–Crippen LogP) is 2.37. The van der Waals surface area contributed by atoms with E-state index in [2.05, 4.69) is 9.97 Å². The maximum absolute atomic E-state index is 11.8. The van der Waals surface area contributed by atoms with Crippen molar-refractivity contribution < 1.29 is 9.90 Å². The Morgan fingerprint density at radius 2 is 2.11 bits per heavy atom. The molecule has 4 nitrogen and oxygen atoms in total. The number of ketones is 1. The SMILES string of the molecule is O=C1CCCc2cnc(-c3cccc(O)c3)nc21. The molecule has 0 saturated carbocycles. The first-order chi connectivity index (χ1) is 8.74. The van der Waals surface area contributed by atoms with E-state index in [-0.39, 0.29) is 11.5 Å². The van der Waals surface area contributed by atoms with Crippen molar-refractivity contribution in [3.8, 4) is 17.1 Å². The number of hydrogen-bond donors (Lipinski definition) is 1. The molecule has 90 valence electrons. The summed E-state index contributed by atoms with van der Waals surface area (Å²) >= 11 is 0. The molecular weight excluding hydrogens is 228 g/mol. The van der Waals surface area contributed by atoms with Crippen molar-refractivity contribution in [2.24, 2.45) is 0 Å². The van der Waals surface area contributed by atoms with Gasteiger partial charge in [0, 0.05) is 18.2 Å². The average molecular weight is 240 g/mol. The highest BCUT2D eigenvalue weighted by molar-refractivity contribution is 5.96.